The number of hydrogen-bond donors (Lipinski definition) is 2. The van der Waals surface area contributed by atoms with Gasteiger partial charge in [0.1, 0.15) is 0 Å². The van der Waals surface area contributed by atoms with Crippen LogP contribution in [-0.2, 0) is 0 Å². The molecule has 78 valence electrons. The molecule has 1 saturated carbocycles. The number of nitrogens with zero attached hydrogens (tertiary/aromatic N) is 1. The molecule has 0 aromatic rings. The first kappa shape index (κ1) is 13.0. The SMILES string of the molecule is CN=C(NC(C)C)NC1CCC1.I. The van der Waals surface area contributed by atoms with Crippen molar-refractivity contribution in [1.29, 1.82) is 0 Å². The summed E-state index contributed by atoms with van der Waals surface area (Å²) >= 11 is 0. The van der Waals surface area contributed by atoms with Gasteiger partial charge in [0, 0.05) is 19.1 Å². The van der Waals surface area contributed by atoms with Crippen LogP contribution in [-0.4, -0.2) is 25.1 Å². The van der Waals surface area contributed by atoms with Gasteiger partial charge in [-0.25, -0.2) is 0 Å². The topological polar surface area (TPSA) is 36.4 Å². The Kier molecular flexibility index (Phi) is 6.45. The van der Waals surface area contributed by atoms with Gasteiger partial charge in [-0.2, -0.15) is 0 Å². The zero-order valence-electron chi connectivity index (χ0n) is 8.63. The fraction of sp³-hybridized carbons (Fsp3) is 0.889. The largest absolute Gasteiger partial charge is 0.354 e. The molecule has 0 spiro atoms. The Morgan fingerprint density at radius 3 is 2.31 bits per heavy atom. The van der Waals surface area contributed by atoms with Crippen molar-refractivity contribution in [3.63, 3.8) is 0 Å². The number of guanidine groups is 1. The second-order valence-corrected chi connectivity index (χ2v) is 3.64. The third-order valence-corrected chi connectivity index (χ3v) is 2.10. The second kappa shape index (κ2) is 6.45. The minimum atomic E-state index is 0. The first-order valence-corrected chi connectivity index (χ1v) is 4.72. The minimum Gasteiger partial charge on any atom is -0.354 e. The van der Waals surface area contributed by atoms with Crippen LogP contribution >= 0.6 is 24.0 Å². The molecular formula is C9H20IN3. The highest BCUT2D eigenvalue weighted by molar-refractivity contribution is 14.0. The molecule has 0 amide bonds. The van der Waals surface area contributed by atoms with E-state index in [0.717, 1.165) is 5.96 Å². The van der Waals surface area contributed by atoms with Gasteiger partial charge < -0.3 is 10.6 Å². The van der Waals surface area contributed by atoms with Crippen LogP contribution in [0.5, 0.6) is 0 Å². The van der Waals surface area contributed by atoms with Crippen LogP contribution in [0.15, 0.2) is 4.99 Å². The van der Waals surface area contributed by atoms with E-state index in [1.807, 2.05) is 7.05 Å². The molecule has 2 N–H and O–H groups in total. The number of halogens is 1. The third kappa shape index (κ3) is 4.69. The molecule has 1 fully saturated rings. The molecule has 0 heterocycles. The predicted octanol–water partition coefficient (Wildman–Crippen LogP) is 1.73. The molecule has 0 saturated heterocycles. The molecule has 0 radical (unpaired) electrons. The average molecular weight is 297 g/mol. The summed E-state index contributed by atoms with van der Waals surface area (Å²) < 4.78 is 0. The van der Waals surface area contributed by atoms with E-state index in [1.54, 1.807) is 0 Å². The van der Waals surface area contributed by atoms with Crippen molar-refractivity contribution in [3.8, 4) is 0 Å². The van der Waals surface area contributed by atoms with E-state index in [1.165, 1.54) is 19.3 Å². The second-order valence-electron chi connectivity index (χ2n) is 3.64. The summed E-state index contributed by atoms with van der Waals surface area (Å²) in [5.74, 6) is 0.940. The van der Waals surface area contributed by atoms with Gasteiger partial charge in [-0.1, -0.05) is 0 Å². The first-order chi connectivity index (χ1) is 5.72. The van der Waals surface area contributed by atoms with Gasteiger partial charge in [0.15, 0.2) is 5.96 Å². The van der Waals surface area contributed by atoms with Gasteiger partial charge in [0.2, 0.25) is 0 Å². The Labute approximate surface area is 97.8 Å². The van der Waals surface area contributed by atoms with E-state index in [0.29, 0.717) is 12.1 Å². The van der Waals surface area contributed by atoms with Gasteiger partial charge in [-0.05, 0) is 33.1 Å². The Morgan fingerprint density at radius 2 is 2.00 bits per heavy atom. The van der Waals surface area contributed by atoms with Crippen LogP contribution in [0.2, 0.25) is 0 Å². The highest BCUT2D eigenvalue weighted by Crippen LogP contribution is 2.17. The smallest absolute Gasteiger partial charge is 0.191 e. The summed E-state index contributed by atoms with van der Waals surface area (Å²) in [6.07, 6.45) is 3.94. The van der Waals surface area contributed by atoms with E-state index < -0.39 is 0 Å². The monoisotopic (exact) mass is 297 g/mol. The third-order valence-electron chi connectivity index (χ3n) is 2.10. The lowest BCUT2D eigenvalue weighted by atomic mass is 9.93. The van der Waals surface area contributed by atoms with Gasteiger partial charge >= 0.3 is 0 Å². The maximum absolute atomic E-state index is 4.14. The van der Waals surface area contributed by atoms with Gasteiger partial charge in [-0.3, -0.25) is 4.99 Å². The molecule has 3 nitrogen and oxygen atoms in total. The van der Waals surface area contributed by atoms with E-state index in [-0.39, 0.29) is 24.0 Å². The van der Waals surface area contributed by atoms with Crippen molar-refractivity contribution < 1.29 is 0 Å². The molecular weight excluding hydrogens is 277 g/mol. The van der Waals surface area contributed by atoms with Crippen LogP contribution in [0.25, 0.3) is 0 Å². The normalized spacial score (nSPS) is 17.7. The summed E-state index contributed by atoms with van der Waals surface area (Å²) in [6.45, 7) is 4.24. The number of rotatable bonds is 2. The van der Waals surface area contributed by atoms with Gasteiger partial charge in [0.05, 0.1) is 0 Å². The molecule has 13 heavy (non-hydrogen) atoms. The van der Waals surface area contributed by atoms with E-state index in [9.17, 15) is 0 Å². The zero-order valence-corrected chi connectivity index (χ0v) is 11.0. The molecule has 0 unspecified atom stereocenters. The van der Waals surface area contributed by atoms with Crippen LogP contribution in [0.1, 0.15) is 33.1 Å². The predicted molar refractivity (Wildman–Crippen MR) is 67.8 cm³/mol. The summed E-state index contributed by atoms with van der Waals surface area (Å²) in [5.41, 5.74) is 0. The Bertz CT molecular complexity index is 164. The van der Waals surface area contributed by atoms with E-state index >= 15 is 0 Å². The maximum atomic E-state index is 4.14. The molecule has 1 aliphatic rings. The van der Waals surface area contributed by atoms with Crippen LogP contribution in [0.4, 0.5) is 0 Å². The number of nitrogens with one attached hydrogen (secondary N) is 2. The van der Waals surface area contributed by atoms with Gasteiger partial charge in [-0.15, -0.1) is 24.0 Å². The molecule has 0 atom stereocenters. The van der Waals surface area contributed by atoms with Crippen LogP contribution < -0.4 is 10.6 Å². The number of aliphatic imine (C=N–C) groups is 1. The molecule has 1 rings (SSSR count). The minimum absolute atomic E-state index is 0. The molecule has 0 aliphatic heterocycles. The quantitative estimate of drug-likeness (QED) is 0.463. The van der Waals surface area contributed by atoms with Gasteiger partial charge in [0.25, 0.3) is 0 Å². The Hall–Kier alpha value is 0. The summed E-state index contributed by atoms with van der Waals surface area (Å²) in [7, 11) is 1.82. The molecule has 0 aromatic heterocycles. The van der Waals surface area contributed by atoms with E-state index in [4.69, 9.17) is 0 Å². The summed E-state index contributed by atoms with van der Waals surface area (Å²) in [5, 5.41) is 6.64. The molecule has 0 aromatic carbocycles. The Balaban J connectivity index is 0.00000144. The van der Waals surface area contributed by atoms with Crippen molar-refractivity contribution >= 4 is 29.9 Å². The zero-order chi connectivity index (χ0) is 8.97. The lowest BCUT2D eigenvalue weighted by molar-refractivity contribution is 0.379. The van der Waals surface area contributed by atoms with Crippen molar-refractivity contribution in [2.45, 2.75) is 45.2 Å². The van der Waals surface area contributed by atoms with E-state index in [2.05, 4.69) is 29.5 Å². The molecule has 1 aliphatic carbocycles. The molecule has 4 heteroatoms. The van der Waals surface area contributed by atoms with Crippen molar-refractivity contribution in [2.24, 2.45) is 4.99 Å². The fourth-order valence-electron chi connectivity index (χ4n) is 1.19. The first-order valence-electron chi connectivity index (χ1n) is 4.72. The lowest BCUT2D eigenvalue weighted by Gasteiger charge is -2.28. The van der Waals surface area contributed by atoms with Crippen LogP contribution in [0, 0.1) is 0 Å². The summed E-state index contributed by atoms with van der Waals surface area (Å²) in [4.78, 5) is 4.14. The summed E-state index contributed by atoms with van der Waals surface area (Å²) in [6, 6.07) is 1.12. The fourth-order valence-corrected chi connectivity index (χ4v) is 1.19. The van der Waals surface area contributed by atoms with Crippen molar-refractivity contribution in [2.75, 3.05) is 7.05 Å². The highest BCUT2D eigenvalue weighted by atomic mass is 127. The molecule has 0 bridgehead atoms. The lowest BCUT2D eigenvalue weighted by Crippen LogP contribution is -2.48. The Morgan fingerprint density at radius 1 is 1.38 bits per heavy atom. The van der Waals surface area contributed by atoms with Crippen molar-refractivity contribution in [1.82, 2.24) is 10.6 Å². The van der Waals surface area contributed by atoms with Crippen LogP contribution in [0.3, 0.4) is 0 Å². The standard InChI is InChI=1S/C9H19N3.HI/c1-7(2)11-9(10-3)12-8-5-4-6-8;/h7-8H,4-6H2,1-3H3,(H2,10,11,12);1H. The highest BCUT2D eigenvalue weighted by Gasteiger charge is 2.18. The van der Waals surface area contributed by atoms with Crippen molar-refractivity contribution in [3.05, 3.63) is 0 Å². The number of hydrogen-bond acceptors (Lipinski definition) is 1. The average Bonchev–Trinajstić information content (AvgIpc) is 1.93. The maximum Gasteiger partial charge on any atom is 0.191 e.